The molecule has 0 saturated carbocycles. The maximum Gasteiger partial charge on any atom is 0.490 e. The molecule has 0 unspecified atom stereocenters. The van der Waals surface area contributed by atoms with E-state index in [0.29, 0.717) is 18.5 Å². The molecule has 1 spiro atoms. The van der Waals surface area contributed by atoms with Crippen LogP contribution in [0.5, 0.6) is 0 Å². The molecule has 1 aromatic heterocycles. The van der Waals surface area contributed by atoms with Crippen LogP contribution in [0.1, 0.15) is 25.7 Å². The second-order valence-corrected chi connectivity index (χ2v) is 8.98. The van der Waals surface area contributed by atoms with E-state index in [9.17, 15) is 21.6 Å². The monoisotopic (exact) mass is 424 g/mol. The predicted octanol–water partition coefficient (Wildman–Crippen LogP) is 1.75. The van der Waals surface area contributed by atoms with Crippen molar-refractivity contribution < 1.29 is 31.5 Å². The van der Waals surface area contributed by atoms with Gasteiger partial charge < -0.3 is 10.0 Å². The Labute approximate surface area is 161 Å². The number of rotatable bonds is 2. The van der Waals surface area contributed by atoms with Crippen LogP contribution in [-0.4, -0.2) is 72.4 Å². The van der Waals surface area contributed by atoms with Gasteiger partial charge in [0.05, 0.1) is 6.26 Å². The molecule has 0 radical (unpaired) electrons. The minimum absolute atomic E-state index is 0.312. The van der Waals surface area contributed by atoms with Gasteiger partial charge in [-0.1, -0.05) is 0 Å². The van der Waals surface area contributed by atoms with E-state index in [1.54, 1.807) is 16.7 Å². The lowest BCUT2D eigenvalue weighted by Gasteiger charge is -2.46. The highest BCUT2D eigenvalue weighted by Crippen LogP contribution is 2.42. The molecule has 2 saturated heterocycles. The molecule has 2 fully saturated rings. The number of sulfonamides is 1. The number of carboxylic acid groups (broad SMARTS) is 1. The SMILES string of the molecule is CS(=O)(=O)N1CCC2(CCN(c3ncccn3)CC2)CC1.O=C(O)C(F)(F)F. The lowest BCUT2D eigenvalue weighted by molar-refractivity contribution is -0.192. The number of aromatic nitrogens is 2. The molecule has 3 heterocycles. The van der Waals surface area contributed by atoms with E-state index in [-0.39, 0.29) is 0 Å². The van der Waals surface area contributed by atoms with Gasteiger partial charge in [0.25, 0.3) is 0 Å². The Morgan fingerprint density at radius 2 is 1.50 bits per heavy atom. The maximum atomic E-state index is 11.6. The normalized spacial score (nSPS) is 20.4. The highest BCUT2D eigenvalue weighted by molar-refractivity contribution is 7.88. The third kappa shape index (κ3) is 6.03. The molecular weight excluding hydrogens is 401 g/mol. The van der Waals surface area contributed by atoms with Crippen LogP contribution in [0.2, 0.25) is 0 Å². The van der Waals surface area contributed by atoms with Gasteiger partial charge in [0, 0.05) is 38.6 Å². The van der Waals surface area contributed by atoms with Crippen LogP contribution >= 0.6 is 0 Å². The van der Waals surface area contributed by atoms with E-state index in [4.69, 9.17) is 9.90 Å². The van der Waals surface area contributed by atoms with Gasteiger partial charge in [-0.05, 0) is 37.2 Å². The van der Waals surface area contributed by atoms with E-state index in [1.165, 1.54) is 6.26 Å². The number of halogens is 3. The van der Waals surface area contributed by atoms with Crippen LogP contribution in [0, 0.1) is 5.41 Å². The molecule has 8 nitrogen and oxygen atoms in total. The third-order valence-corrected chi connectivity index (χ3v) is 6.46. The fourth-order valence-electron chi connectivity index (χ4n) is 3.43. The van der Waals surface area contributed by atoms with E-state index >= 15 is 0 Å². The molecule has 0 bridgehead atoms. The van der Waals surface area contributed by atoms with Crippen LogP contribution in [0.3, 0.4) is 0 Å². The van der Waals surface area contributed by atoms with Crippen molar-refractivity contribution in [3.05, 3.63) is 18.5 Å². The Morgan fingerprint density at radius 1 is 1.07 bits per heavy atom. The van der Waals surface area contributed by atoms with Crippen molar-refractivity contribution in [2.24, 2.45) is 5.41 Å². The lowest BCUT2D eigenvalue weighted by atomic mass is 9.71. The fraction of sp³-hybridized carbons (Fsp3) is 0.688. The number of piperidine rings is 2. The zero-order valence-corrected chi connectivity index (χ0v) is 16.2. The Balaban J connectivity index is 0.000000345. The molecule has 0 aliphatic carbocycles. The smallest absolute Gasteiger partial charge is 0.475 e. The number of anilines is 1. The van der Waals surface area contributed by atoms with Gasteiger partial charge in [-0.25, -0.2) is 27.5 Å². The molecule has 1 N–H and O–H groups in total. The highest BCUT2D eigenvalue weighted by Gasteiger charge is 2.40. The van der Waals surface area contributed by atoms with Gasteiger partial charge in [-0.3, -0.25) is 0 Å². The third-order valence-electron chi connectivity index (χ3n) is 5.15. The van der Waals surface area contributed by atoms with Gasteiger partial charge in [0.1, 0.15) is 0 Å². The first-order valence-electron chi connectivity index (χ1n) is 8.70. The van der Waals surface area contributed by atoms with E-state index in [0.717, 1.165) is 44.7 Å². The summed E-state index contributed by atoms with van der Waals surface area (Å²) in [7, 11) is -3.03. The van der Waals surface area contributed by atoms with Crippen molar-refractivity contribution in [1.29, 1.82) is 0 Å². The molecule has 2 aliphatic rings. The first-order valence-corrected chi connectivity index (χ1v) is 10.6. The summed E-state index contributed by atoms with van der Waals surface area (Å²) in [5.41, 5.74) is 0.312. The average molecular weight is 424 g/mol. The maximum absolute atomic E-state index is 11.6. The molecule has 0 amide bonds. The summed E-state index contributed by atoms with van der Waals surface area (Å²) in [6.45, 7) is 3.26. The summed E-state index contributed by atoms with van der Waals surface area (Å²) >= 11 is 0. The minimum atomic E-state index is -5.08. The summed E-state index contributed by atoms with van der Waals surface area (Å²) in [5.74, 6) is -1.95. The molecular formula is C16H23F3N4O4S. The second kappa shape index (κ2) is 8.60. The summed E-state index contributed by atoms with van der Waals surface area (Å²) < 4.78 is 56.5. The Kier molecular flexibility index (Phi) is 6.86. The van der Waals surface area contributed by atoms with Crippen molar-refractivity contribution in [3.63, 3.8) is 0 Å². The van der Waals surface area contributed by atoms with Gasteiger partial charge in [-0.2, -0.15) is 13.2 Å². The van der Waals surface area contributed by atoms with Crippen LogP contribution in [0.4, 0.5) is 19.1 Å². The summed E-state index contributed by atoms with van der Waals surface area (Å²) in [4.78, 5) is 19.7. The van der Waals surface area contributed by atoms with Crippen molar-refractivity contribution in [3.8, 4) is 0 Å². The number of alkyl halides is 3. The number of carbonyl (C=O) groups is 1. The van der Waals surface area contributed by atoms with Crippen LogP contribution in [0.25, 0.3) is 0 Å². The summed E-state index contributed by atoms with van der Waals surface area (Å²) in [6, 6.07) is 1.83. The van der Waals surface area contributed by atoms with E-state index in [2.05, 4.69) is 14.9 Å². The number of carboxylic acids is 1. The van der Waals surface area contributed by atoms with E-state index < -0.39 is 22.2 Å². The molecule has 2 aliphatic heterocycles. The van der Waals surface area contributed by atoms with Crippen LogP contribution in [0.15, 0.2) is 18.5 Å². The quantitative estimate of drug-likeness (QED) is 0.771. The standard InChI is InChI=1S/C14H22N4O2S.C2HF3O2/c1-21(19,20)18-11-5-14(6-12-18)3-9-17(10-4-14)13-15-7-2-8-16-13;3-2(4,5)1(6)7/h2,7-8H,3-6,9-12H2,1H3;(H,6,7). The zero-order chi connectivity index (χ0) is 21.0. The highest BCUT2D eigenvalue weighted by atomic mass is 32.2. The number of nitrogens with zero attached hydrogens (tertiary/aromatic N) is 4. The molecule has 158 valence electrons. The van der Waals surface area contributed by atoms with E-state index in [1.807, 2.05) is 6.07 Å². The number of aliphatic carboxylic acids is 1. The van der Waals surface area contributed by atoms with Crippen molar-refractivity contribution in [2.75, 3.05) is 37.3 Å². The first kappa shape index (κ1) is 22.3. The summed E-state index contributed by atoms with van der Waals surface area (Å²) in [5, 5.41) is 7.12. The number of hydrogen-bond donors (Lipinski definition) is 1. The topological polar surface area (TPSA) is 104 Å². The van der Waals surface area contributed by atoms with Gasteiger partial charge in [0.2, 0.25) is 16.0 Å². The molecule has 0 atom stereocenters. The minimum Gasteiger partial charge on any atom is -0.475 e. The second-order valence-electron chi connectivity index (χ2n) is 7.00. The molecule has 0 aromatic carbocycles. The van der Waals surface area contributed by atoms with Crippen molar-refractivity contribution in [1.82, 2.24) is 14.3 Å². The largest absolute Gasteiger partial charge is 0.490 e. The predicted molar refractivity (Wildman–Crippen MR) is 95.3 cm³/mol. The van der Waals surface area contributed by atoms with Gasteiger partial charge in [-0.15, -0.1) is 0 Å². The average Bonchev–Trinajstić information content (AvgIpc) is 2.62. The van der Waals surface area contributed by atoms with Crippen molar-refractivity contribution in [2.45, 2.75) is 31.9 Å². The first-order chi connectivity index (χ1) is 12.9. The molecule has 28 heavy (non-hydrogen) atoms. The fourth-order valence-corrected chi connectivity index (χ4v) is 4.27. The lowest BCUT2D eigenvalue weighted by Crippen LogP contribution is -2.48. The van der Waals surface area contributed by atoms with Crippen LogP contribution < -0.4 is 4.90 Å². The van der Waals surface area contributed by atoms with Crippen molar-refractivity contribution >= 4 is 21.9 Å². The van der Waals surface area contributed by atoms with Gasteiger partial charge in [0.15, 0.2) is 0 Å². The Bertz CT molecular complexity index is 756. The molecule has 1 aromatic rings. The van der Waals surface area contributed by atoms with Gasteiger partial charge >= 0.3 is 12.1 Å². The Morgan fingerprint density at radius 3 is 1.89 bits per heavy atom. The summed E-state index contributed by atoms with van der Waals surface area (Å²) in [6.07, 6.45) is 3.92. The molecule has 12 heteroatoms. The Hall–Kier alpha value is -1.95. The van der Waals surface area contributed by atoms with Crippen LogP contribution in [-0.2, 0) is 14.8 Å². The zero-order valence-electron chi connectivity index (χ0n) is 15.4. The number of hydrogen-bond acceptors (Lipinski definition) is 6. The molecule has 3 rings (SSSR count).